The summed E-state index contributed by atoms with van der Waals surface area (Å²) in [6, 6.07) is 4.36. The summed E-state index contributed by atoms with van der Waals surface area (Å²) in [5.41, 5.74) is 3.72. The molecule has 7 nitrogen and oxygen atoms in total. The number of methoxy groups -OCH3 is 1. The van der Waals surface area contributed by atoms with Crippen LogP contribution in [0.4, 0.5) is 11.4 Å². The topological polar surface area (TPSA) is 99.6 Å². The Balaban J connectivity index is 2.72. The third-order valence-electron chi connectivity index (χ3n) is 2.14. The van der Waals surface area contributed by atoms with Crippen LogP contribution in [0.25, 0.3) is 0 Å². The third-order valence-corrected chi connectivity index (χ3v) is 2.14. The van der Waals surface area contributed by atoms with Crippen molar-refractivity contribution in [2.45, 2.75) is 6.61 Å². The number of benzene rings is 1. The first-order valence-electron chi connectivity index (χ1n) is 4.99. The highest BCUT2D eigenvalue weighted by Crippen LogP contribution is 2.22. The van der Waals surface area contributed by atoms with Gasteiger partial charge in [-0.3, -0.25) is 16.0 Å². The Kier molecular flexibility index (Phi) is 5.34. The molecule has 0 radical (unpaired) electrons. The van der Waals surface area contributed by atoms with E-state index in [-0.39, 0.29) is 12.3 Å². The number of hydrogen-bond acceptors (Lipinski definition) is 6. The smallest absolute Gasteiger partial charge is 0.269 e. The van der Waals surface area contributed by atoms with Crippen LogP contribution in [0.2, 0.25) is 0 Å². The highest BCUT2D eigenvalue weighted by atomic mass is 16.6. The SMILES string of the molecule is COCCOCc1cc([N+](=O)[O-])ccc1NN. The van der Waals surface area contributed by atoms with Crippen molar-refractivity contribution in [1.82, 2.24) is 0 Å². The lowest BCUT2D eigenvalue weighted by molar-refractivity contribution is -0.384. The number of nitro groups is 1. The summed E-state index contributed by atoms with van der Waals surface area (Å²) in [6.07, 6.45) is 0. The van der Waals surface area contributed by atoms with E-state index in [1.54, 1.807) is 13.2 Å². The lowest BCUT2D eigenvalue weighted by Gasteiger charge is -2.09. The number of nitro benzene ring substituents is 1. The number of non-ortho nitro benzene ring substituents is 1. The van der Waals surface area contributed by atoms with Crippen molar-refractivity contribution in [3.8, 4) is 0 Å². The number of anilines is 1. The van der Waals surface area contributed by atoms with E-state index < -0.39 is 4.92 Å². The first-order chi connectivity index (χ1) is 8.19. The fourth-order valence-electron chi connectivity index (χ4n) is 1.28. The summed E-state index contributed by atoms with van der Waals surface area (Å²) in [5.74, 6) is 5.31. The van der Waals surface area contributed by atoms with Gasteiger partial charge in [-0.2, -0.15) is 0 Å². The average molecular weight is 241 g/mol. The molecule has 0 aliphatic heterocycles. The second-order valence-corrected chi connectivity index (χ2v) is 3.29. The van der Waals surface area contributed by atoms with Crippen molar-refractivity contribution in [3.05, 3.63) is 33.9 Å². The normalized spacial score (nSPS) is 10.2. The van der Waals surface area contributed by atoms with Gasteiger partial charge >= 0.3 is 0 Å². The molecule has 0 aliphatic rings. The maximum atomic E-state index is 10.6. The van der Waals surface area contributed by atoms with Crippen LogP contribution in [0.3, 0.4) is 0 Å². The van der Waals surface area contributed by atoms with E-state index in [9.17, 15) is 10.1 Å². The van der Waals surface area contributed by atoms with E-state index in [0.717, 1.165) is 0 Å². The van der Waals surface area contributed by atoms with Crippen molar-refractivity contribution in [2.24, 2.45) is 5.84 Å². The maximum absolute atomic E-state index is 10.6. The predicted octanol–water partition coefficient (Wildman–Crippen LogP) is 1.04. The molecule has 0 amide bonds. The quantitative estimate of drug-likeness (QED) is 0.320. The van der Waals surface area contributed by atoms with Crippen LogP contribution < -0.4 is 11.3 Å². The lowest BCUT2D eigenvalue weighted by Crippen LogP contribution is -2.11. The van der Waals surface area contributed by atoms with Crippen LogP contribution in [0.15, 0.2) is 18.2 Å². The molecule has 0 fully saturated rings. The molecule has 0 atom stereocenters. The maximum Gasteiger partial charge on any atom is 0.269 e. The molecule has 7 heteroatoms. The second kappa shape index (κ2) is 6.79. The first-order valence-corrected chi connectivity index (χ1v) is 4.99. The monoisotopic (exact) mass is 241 g/mol. The van der Waals surface area contributed by atoms with E-state index in [2.05, 4.69) is 5.43 Å². The minimum atomic E-state index is -0.459. The average Bonchev–Trinajstić information content (AvgIpc) is 2.34. The van der Waals surface area contributed by atoms with E-state index >= 15 is 0 Å². The number of nitrogens with one attached hydrogen (secondary N) is 1. The molecule has 1 aromatic carbocycles. The molecule has 1 aromatic rings. The summed E-state index contributed by atoms with van der Waals surface area (Å²) >= 11 is 0. The number of nitrogens with zero attached hydrogens (tertiary/aromatic N) is 1. The third kappa shape index (κ3) is 3.99. The van der Waals surface area contributed by atoms with E-state index in [1.165, 1.54) is 12.1 Å². The Morgan fingerprint density at radius 2 is 2.24 bits per heavy atom. The summed E-state index contributed by atoms with van der Waals surface area (Å²) < 4.78 is 10.1. The lowest BCUT2D eigenvalue weighted by atomic mass is 10.1. The Morgan fingerprint density at radius 3 is 2.82 bits per heavy atom. The molecule has 0 saturated heterocycles. The zero-order chi connectivity index (χ0) is 12.7. The van der Waals surface area contributed by atoms with Gasteiger partial charge in [0.1, 0.15) is 0 Å². The molecular weight excluding hydrogens is 226 g/mol. The van der Waals surface area contributed by atoms with Crippen molar-refractivity contribution in [3.63, 3.8) is 0 Å². The van der Waals surface area contributed by atoms with Gasteiger partial charge < -0.3 is 14.9 Å². The van der Waals surface area contributed by atoms with Gasteiger partial charge in [0.05, 0.1) is 30.4 Å². The number of ether oxygens (including phenoxy) is 2. The number of rotatable bonds is 7. The van der Waals surface area contributed by atoms with Crippen LogP contribution >= 0.6 is 0 Å². The van der Waals surface area contributed by atoms with Crippen molar-refractivity contribution >= 4 is 11.4 Å². The number of nitrogens with two attached hydrogens (primary N) is 1. The molecule has 0 heterocycles. The fourth-order valence-corrected chi connectivity index (χ4v) is 1.28. The summed E-state index contributed by atoms with van der Waals surface area (Å²) in [5, 5.41) is 10.6. The highest BCUT2D eigenvalue weighted by molar-refractivity contribution is 5.55. The number of hydrogen-bond donors (Lipinski definition) is 2. The second-order valence-electron chi connectivity index (χ2n) is 3.29. The molecule has 1 rings (SSSR count). The Hall–Kier alpha value is -1.70. The van der Waals surface area contributed by atoms with Crippen LogP contribution in [-0.4, -0.2) is 25.2 Å². The van der Waals surface area contributed by atoms with Gasteiger partial charge in [0, 0.05) is 24.8 Å². The number of hydrazine groups is 1. The van der Waals surface area contributed by atoms with Gasteiger partial charge in [0.15, 0.2) is 0 Å². The van der Waals surface area contributed by atoms with Crippen molar-refractivity contribution < 1.29 is 14.4 Å². The minimum absolute atomic E-state index is 0.00865. The van der Waals surface area contributed by atoms with Crippen LogP contribution in [0.1, 0.15) is 5.56 Å². The minimum Gasteiger partial charge on any atom is -0.382 e. The van der Waals surface area contributed by atoms with Crippen LogP contribution in [0.5, 0.6) is 0 Å². The zero-order valence-electron chi connectivity index (χ0n) is 9.51. The van der Waals surface area contributed by atoms with Gasteiger partial charge in [-0.1, -0.05) is 0 Å². The molecular formula is C10H15N3O4. The van der Waals surface area contributed by atoms with Crippen molar-refractivity contribution in [2.75, 3.05) is 25.7 Å². The largest absolute Gasteiger partial charge is 0.382 e. The molecule has 0 aromatic heterocycles. The highest BCUT2D eigenvalue weighted by Gasteiger charge is 2.10. The molecule has 0 spiro atoms. The fraction of sp³-hybridized carbons (Fsp3) is 0.400. The summed E-state index contributed by atoms with van der Waals surface area (Å²) in [4.78, 5) is 10.2. The van der Waals surface area contributed by atoms with Crippen LogP contribution in [-0.2, 0) is 16.1 Å². The van der Waals surface area contributed by atoms with Gasteiger partial charge in [0.2, 0.25) is 0 Å². The molecule has 0 unspecified atom stereocenters. The summed E-state index contributed by atoms with van der Waals surface area (Å²) in [7, 11) is 1.57. The molecule has 0 aliphatic carbocycles. The first kappa shape index (κ1) is 13.4. The zero-order valence-corrected chi connectivity index (χ0v) is 9.51. The Bertz CT molecular complexity index is 384. The molecule has 94 valence electrons. The number of nitrogen functional groups attached to an aromatic ring is 1. The van der Waals surface area contributed by atoms with Gasteiger partial charge in [-0.25, -0.2) is 0 Å². The van der Waals surface area contributed by atoms with E-state index in [4.69, 9.17) is 15.3 Å². The molecule has 0 bridgehead atoms. The molecule has 17 heavy (non-hydrogen) atoms. The predicted molar refractivity (Wildman–Crippen MR) is 62.4 cm³/mol. The Labute approximate surface area is 98.6 Å². The molecule has 3 N–H and O–H groups in total. The standard InChI is InChI=1S/C10H15N3O4/c1-16-4-5-17-7-8-6-9(13(14)15)2-3-10(8)12-11/h2-3,6,12H,4-5,7,11H2,1H3. The van der Waals surface area contributed by atoms with Crippen molar-refractivity contribution in [1.29, 1.82) is 0 Å². The summed E-state index contributed by atoms with van der Waals surface area (Å²) in [6.45, 7) is 1.13. The molecule has 0 saturated carbocycles. The van der Waals surface area contributed by atoms with Crippen LogP contribution in [0, 0.1) is 10.1 Å². The van der Waals surface area contributed by atoms with Gasteiger partial charge in [-0.15, -0.1) is 0 Å². The van der Waals surface area contributed by atoms with Gasteiger partial charge in [-0.05, 0) is 6.07 Å². The Morgan fingerprint density at radius 1 is 1.47 bits per heavy atom. The van der Waals surface area contributed by atoms with E-state index in [0.29, 0.717) is 24.5 Å². The van der Waals surface area contributed by atoms with Gasteiger partial charge in [0.25, 0.3) is 5.69 Å². The van der Waals surface area contributed by atoms with E-state index in [1.807, 2.05) is 0 Å².